The lowest BCUT2D eigenvalue weighted by Gasteiger charge is -2.34. The van der Waals surface area contributed by atoms with E-state index in [1.807, 2.05) is 55.9 Å². The minimum absolute atomic E-state index is 0.0816. The Balaban J connectivity index is 1.15. The van der Waals surface area contributed by atoms with Crippen LogP contribution >= 0.6 is 0 Å². The first-order chi connectivity index (χ1) is 22.2. The van der Waals surface area contributed by atoms with Gasteiger partial charge in [0.15, 0.2) is 11.5 Å². The third-order valence-electron chi connectivity index (χ3n) is 8.58. The number of anilines is 3. The second-order valence-electron chi connectivity index (χ2n) is 13.2. The normalized spacial score (nSPS) is 20.2. The summed E-state index contributed by atoms with van der Waals surface area (Å²) < 4.78 is 13.7. The molecule has 3 saturated heterocycles. The fourth-order valence-electron chi connectivity index (χ4n) is 6.39. The molecule has 6 heterocycles. The highest BCUT2D eigenvalue weighted by atomic mass is 16.6. The zero-order valence-electron chi connectivity index (χ0n) is 26.3. The van der Waals surface area contributed by atoms with E-state index in [2.05, 4.69) is 20.5 Å². The summed E-state index contributed by atoms with van der Waals surface area (Å²) >= 11 is 0. The second kappa shape index (κ2) is 12.2. The lowest BCUT2D eigenvalue weighted by atomic mass is 10.1. The average molecular weight is 626 g/mol. The largest absolute Gasteiger partial charge is 0.444 e. The SMILES string of the molecule is CC(C)(C)OC(=O)N1CCC(n2ncc3c(N4CC5CCC(C4)O5)nc(-c4ccc(NC(=O)Nc5ccncc5)cc4)nc32)CC1. The first-order valence-corrected chi connectivity index (χ1v) is 15.9. The van der Waals surface area contributed by atoms with Crippen molar-refractivity contribution in [2.24, 2.45) is 0 Å². The predicted molar refractivity (Wildman–Crippen MR) is 174 cm³/mol. The van der Waals surface area contributed by atoms with Crippen LogP contribution in [0.2, 0.25) is 0 Å². The van der Waals surface area contributed by atoms with E-state index in [0.29, 0.717) is 30.3 Å². The number of carbonyl (C=O) groups excluding carboxylic acids is 2. The fraction of sp³-hybridized carbons (Fsp3) is 0.455. The van der Waals surface area contributed by atoms with Crippen molar-refractivity contribution in [3.05, 3.63) is 55.0 Å². The van der Waals surface area contributed by atoms with E-state index >= 15 is 0 Å². The van der Waals surface area contributed by atoms with Crippen molar-refractivity contribution in [2.75, 3.05) is 41.7 Å². The van der Waals surface area contributed by atoms with Crippen molar-refractivity contribution in [1.29, 1.82) is 0 Å². The highest BCUT2D eigenvalue weighted by Crippen LogP contribution is 2.35. The number of fused-ring (bicyclic) bond motifs is 3. The number of nitrogens with one attached hydrogen (secondary N) is 2. The lowest BCUT2D eigenvalue weighted by Crippen LogP contribution is -2.43. The molecule has 0 radical (unpaired) electrons. The first kappa shape index (κ1) is 29.9. The van der Waals surface area contributed by atoms with E-state index in [9.17, 15) is 9.59 Å². The molecule has 3 aromatic heterocycles. The molecular weight excluding hydrogens is 586 g/mol. The summed E-state index contributed by atoms with van der Waals surface area (Å²) in [4.78, 5) is 43.4. The highest BCUT2D eigenvalue weighted by molar-refractivity contribution is 5.99. The van der Waals surface area contributed by atoms with Gasteiger partial charge in [-0.3, -0.25) is 4.98 Å². The monoisotopic (exact) mass is 625 g/mol. The molecule has 1 aromatic carbocycles. The van der Waals surface area contributed by atoms with Gasteiger partial charge in [0, 0.05) is 55.5 Å². The van der Waals surface area contributed by atoms with E-state index in [0.717, 1.165) is 61.2 Å². The fourth-order valence-corrected chi connectivity index (χ4v) is 6.39. The number of piperidine rings is 1. The average Bonchev–Trinajstić information content (AvgIpc) is 3.62. The van der Waals surface area contributed by atoms with E-state index in [4.69, 9.17) is 24.5 Å². The van der Waals surface area contributed by atoms with Crippen LogP contribution in [-0.4, -0.2) is 85.7 Å². The molecule has 240 valence electrons. The van der Waals surface area contributed by atoms with E-state index < -0.39 is 5.60 Å². The molecular formula is C33H39N9O4. The third-order valence-corrected chi connectivity index (χ3v) is 8.58. The molecule has 46 heavy (non-hydrogen) atoms. The number of hydrogen-bond donors (Lipinski definition) is 2. The van der Waals surface area contributed by atoms with Crippen LogP contribution < -0.4 is 15.5 Å². The minimum Gasteiger partial charge on any atom is -0.444 e. The van der Waals surface area contributed by atoms with Gasteiger partial charge in [-0.25, -0.2) is 24.2 Å². The lowest BCUT2D eigenvalue weighted by molar-refractivity contribution is 0.0186. The van der Waals surface area contributed by atoms with Gasteiger partial charge in [0.2, 0.25) is 0 Å². The number of hydrogen-bond acceptors (Lipinski definition) is 9. The number of ether oxygens (including phenoxy) is 2. The predicted octanol–water partition coefficient (Wildman–Crippen LogP) is 5.47. The Morgan fingerprint density at radius 2 is 1.54 bits per heavy atom. The van der Waals surface area contributed by atoms with Crippen LogP contribution in [0.4, 0.5) is 26.8 Å². The molecule has 0 aliphatic carbocycles. The molecule has 2 unspecified atom stereocenters. The Hall–Kier alpha value is -4.78. The maximum Gasteiger partial charge on any atom is 0.410 e. The highest BCUT2D eigenvalue weighted by Gasteiger charge is 2.36. The Labute approximate surface area is 267 Å². The van der Waals surface area contributed by atoms with Crippen molar-refractivity contribution < 1.29 is 19.1 Å². The van der Waals surface area contributed by atoms with Crippen LogP contribution in [0.25, 0.3) is 22.4 Å². The van der Waals surface area contributed by atoms with Gasteiger partial charge < -0.3 is 29.9 Å². The summed E-state index contributed by atoms with van der Waals surface area (Å²) in [6.07, 6.45) is 8.83. The summed E-state index contributed by atoms with van der Waals surface area (Å²) in [5, 5.41) is 11.4. The van der Waals surface area contributed by atoms with Gasteiger partial charge in [0.1, 0.15) is 11.4 Å². The third kappa shape index (κ3) is 6.45. The number of urea groups is 1. The van der Waals surface area contributed by atoms with Gasteiger partial charge in [-0.2, -0.15) is 5.10 Å². The number of nitrogens with zero attached hydrogens (tertiary/aromatic N) is 7. The summed E-state index contributed by atoms with van der Waals surface area (Å²) in [6, 6.07) is 10.7. The Kier molecular flexibility index (Phi) is 7.93. The van der Waals surface area contributed by atoms with Crippen molar-refractivity contribution in [1.82, 2.24) is 29.6 Å². The molecule has 2 atom stereocenters. The van der Waals surface area contributed by atoms with Crippen LogP contribution in [0.5, 0.6) is 0 Å². The topological polar surface area (TPSA) is 140 Å². The Bertz CT molecular complexity index is 1700. The molecule has 13 nitrogen and oxygen atoms in total. The van der Waals surface area contributed by atoms with Crippen LogP contribution in [-0.2, 0) is 9.47 Å². The molecule has 0 spiro atoms. The van der Waals surface area contributed by atoms with Crippen LogP contribution in [0.15, 0.2) is 55.0 Å². The van der Waals surface area contributed by atoms with Gasteiger partial charge in [-0.1, -0.05) is 0 Å². The van der Waals surface area contributed by atoms with Crippen molar-refractivity contribution in [3.8, 4) is 11.4 Å². The van der Waals surface area contributed by atoms with Crippen LogP contribution in [0.3, 0.4) is 0 Å². The number of pyridine rings is 1. The summed E-state index contributed by atoms with van der Waals surface area (Å²) in [5.74, 6) is 1.44. The standard InChI is InChI=1S/C33H39N9O4/c1-33(2,3)46-32(44)40-16-12-24(13-17-40)42-30-27(18-35-42)29(41-19-25-8-9-26(20-41)45-25)38-28(39-30)21-4-6-22(7-5-21)36-31(43)37-23-10-14-34-15-11-23/h4-7,10-11,14-15,18,24-26H,8-9,12-13,16-17,19-20H2,1-3H3,(H2,34,36,37,43). The molecule has 0 saturated carbocycles. The first-order valence-electron chi connectivity index (χ1n) is 15.9. The number of rotatable bonds is 5. The number of aromatic nitrogens is 5. The Morgan fingerprint density at radius 3 is 2.20 bits per heavy atom. The second-order valence-corrected chi connectivity index (χ2v) is 13.2. The molecule has 3 fully saturated rings. The van der Waals surface area contributed by atoms with Crippen molar-refractivity contribution >= 4 is 40.4 Å². The summed E-state index contributed by atoms with van der Waals surface area (Å²) in [5.41, 5.74) is 2.36. The van der Waals surface area contributed by atoms with E-state index in [1.165, 1.54) is 0 Å². The number of likely N-dealkylation sites (tertiary alicyclic amines) is 1. The molecule has 3 aliphatic rings. The molecule has 13 heteroatoms. The van der Waals surface area contributed by atoms with Gasteiger partial charge in [-0.05, 0) is 82.9 Å². The Morgan fingerprint density at radius 1 is 0.891 bits per heavy atom. The number of amides is 3. The van der Waals surface area contributed by atoms with Crippen molar-refractivity contribution in [2.45, 2.75) is 70.3 Å². The molecule has 2 bridgehead atoms. The zero-order valence-corrected chi connectivity index (χ0v) is 26.3. The minimum atomic E-state index is -0.532. The molecule has 2 N–H and O–H groups in total. The van der Waals surface area contributed by atoms with Gasteiger partial charge in [-0.15, -0.1) is 0 Å². The number of morpholine rings is 1. The summed E-state index contributed by atoms with van der Waals surface area (Å²) in [7, 11) is 0. The van der Waals surface area contributed by atoms with E-state index in [1.54, 1.807) is 29.4 Å². The smallest absolute Gasteiger partial charge is 0.410 e. The van der Waals surface area contributed by atoms with Gasteiger partial charge in [0.05, 0.1) is 29.8 Å². The van der Waals surface area contributed by atoms with Crippen LogP contribution in [0, 0.1) is 0 Å². The molecule has 3 amide bonds. The number of benzene rings is 1. The maximum absolute atomic E-state index is 12.7. The van der Waals surface area contributed by atoms with Gasteiger partial charge >= 0.3 is 12.1 Å². The quantitative estimate of drug-likeness (QED) is 0.295. The molecule has 3 aliphatic heterocycles. The maximum atomic E-state index is 12.7. The van der Waals surface area contributed by atoms with E-state index in [-0.39, 0.29) is 30.4 Å². The molecule has 7 rings (SSSR count). The zero-order chi connectivity index (χ0) is 31.8. The summed E-state index contributed by atoms with van der Waals surface area (Å²) in [6.45, 7) is 8.37. The van der Waals surface area contributed by atoms with Crippen molar-refractivity contribution in [3.63, 3.8) is 0 Å². The van der Waals surface area contributed by atoms with Crippen LogP contribution in [0.1, 0.15) is 52.5 Å². The molecule has 4 aromatic rings. The number of carbonyl (C=O) groups is 2. The van der Waals surface area contributed by atoms with Gasteiger partial charge in [0.25, 0.3) is 0 Å².